The molecule has 2 aromatic carbocycles. The molecule has 0 spiro atoms. The lowest BCUT2D eigenvalue weighted by atomic mass is 9.73. The topological polar surface area (TPSA) is 93.9 Å². The number of carbonyl (C=O) groups excluding carboxylic acids is 2. The van der Waals surface area contributed by atoms with Crippen molar-refractivity contribution in [1.82, 2.24) is 5.32 Å². The average molecular weight is 480 g/mol. The van der Waals surface area contributed by atoms with Crippen LogP contribution in [0.5, 0.6) is 5.75 Å². The van der Waals surface area contributed by atoms with E-state index in [-0.39, 0.29) is 19.1 Å². The molecule has 0 saturated carbocycles. The quantitative estimate of drug-likeness (QED) is 0.352. The van der Waals surface area contributed by atoms with Crippen molar-refractivity contribution < 1.29 is 19.1 Å². The Hall–Kier alpha value is -2.48. The second-order valence-corrected chi connectivity index (χ2v) is 9.28. The Kier molecular flexibility index (Phi) is 6.93. The van der Waals surface area contributed by atoms with Gasteiger partial charge in [0.25, 0.3) is 5.91 Å². The Morgan fingerprint density at radius 1 is 1.16 bits per heavy atom. The zero-order valence-electron chi connectivity index (χ0n) is 18.5. The Labute approximate surface area is 197 Å². The van der Waals surface area contributed by atoms with Gasteiger partial charge in [0, 0.05) is 10.6 Å². The highest BCUT2D eigenvalue weighted by atomic mass is 35.5. The molecule has 1 aliphatic heterocycles. The predicted octanol–water partition coefficient (Wildman–Crippen LogP) is 4.81. The molecule has 2 amide bonds. The molecule has 2 aromatic rings. The standard InChI is InChI=1S/C23H27Cl2N3O4/c1-5-23(14-8-6-7-9-15(14)24)18-17(28(26)20(23)29)11-10-16(25)19(18)31-13-12-27-21(30)32-22(2,3)4/h6-11H,5,12-13,26H2,1-4H3,(H,27,30). The lowest BCUT2D eigenvalue weighted by Crippen LogP contribution is -2.44. The number of rotatable bonds is 6. The molecule has 1 heterocycles. The van der Waals surface area contributed by atoms with Gasteiger partial charge >= 0.3 is 6.09 Å². The number of fused-ring (bicyclic) bond motifs is 1. The molecule has 0 aliphatic carbocycles. The van der Waals surface area contributed by atoms with E-state index in [2.05, 4.69) is 5.32 Å². The number of nitrogens with two attached hydrogens (primary N) is 1. The highest BCUT2D eigenvalue weighted by Gasteiger charge is 2.53. The van der Waals surface area contributed by atoms with Gasteiger partial charge in [0.05, 0.1) is 17.3 Å². The Morgan fingerprint density at radius 3 is 2.47 bits per heavy atom. The minimum Gasteiger partial charge on any atom is -0.490 e. The molecule has 3 rings (SSSR count). The fraction of sp³-hybridized carbons (Fsp3) is 0.391. The van der Waals surface area contributed by atoms with Crippen molar-refractivity contribution in [2.24, 2.45) is 5.84 Å². The third kappa shape index (κ3) is 4.37. The number of hydrogen-bond donors (Lipinski definition) is 2. The van der Waals surface area contributed by atoms with E-state index in [1.807, 2.05) is 13.0 Å². The average Bonchev–Trinajstić information content (AvgIpc) is 2.93. The highest BCUT2D eigenvalue weighted by Crippen LogP contribution is 2.54. The van der Waals surface area contributed by atoms with Gasteiger partial charge in [-0.3, -0.25) is 4.79 Å². The molecular formula is C23H27Cl2N3O4. The summed E-state index contributed by atoms with van der Waals surface area (Å²) in [5.74, 6) is 6.18. The van der Waals surface area contributed by atoms with Gasteiger partial charge in [0.15, 0.2) is 0 Å². The molecule has 0 saturated heterocycles. The number of nitrogens with zero attached hydrogens (tertiary/aromatic N) is 1. The Morgan fingerprint density at radius 2 is 1.84 bits per heavy atom. The second-order valence-electron chi connectivity index (χ2n) is 8.46. The van der Waals surface area contributed by atoms with E-state index in [1.165, 1.54) is 0 Å². The van der Waals surface area contributed by atoms with Gasteiger partial charge in [-0.1, -0.05) is 48.3 Å². The van der Waals surface area contributed by atoms with Crippen LogP contribution in [-0.2, 0) is 14.9 Å². The Bertz CT molecular complexity index is 1040. The van der Waals surface area contributed by atoms with Gasteiger partial charge in [-0.25, -0.2) is 15.6 Å². The van der Waals surface area contributed by atoms with Crippen molar-refractivity contribution >= 4 is 40.9 Å². The molecule has 0 fully saturated rings. The summed E-state index contributed by atoms with van der Waals surface area (Å²) in [6, 6.07) is 10.5. The smallest absolute Gasteiger partial charge is 0.407 e. The summed E-state index contributed by atoms with van der Waals surface area (Å²) in [5, 5.41) is 4.53. The van der Waals surface area contributed by atoms with Crippen molar-refractivity contribution in [3.8, 4) is 5.75 Å². The van der Waals surface area contributed by atoms with Gasteiger partial charge < -0.3 is 14.8 Å². The largest absolute Gasteiger partial charge is 0.490 e. The van der Waals surface area contributed by atoms with E-state index >= 15 is 0 Å². The first-order valence-corrected chi connectivity index (χ1v) is 11.1. The fourth-order valence-electron chi connectivity index (χ4n) is 3.92. The number of ether oxygens (including phenoxy) is 2. The molecule has 0 radical (unpaired) electrons. The maximum absolute atomic E-state index is 13.5. The number of nitrogens with one attached hydrogen (secondary N) is 1. The van der Waals surface area contributed by atoms with Crippen LogP contribution in [0.4, 0.5) is 10.5 Å². The molecular weight excluding hydrogens is 453 g/mol. The van der Waals surface area contributed by atoms with Gasteiger partial charge in [-0.05, 0) is 51.0 Å². The van der Waals surface area contributed by atoms with Crippen LogP contribution in [-0.4, -0.2) is 30.8 Å². The van der Waals surface area contributed by atoms with E-state index in [4.69, 9.17) is 38.5 Å². The molecule has 9 heteroatoms. The number of hydrogen-bond acceptors (Lipinski definition) is 5. The minimum atomic E-state index is -1.15. The Balaban J connectivity index is 1.95. The van der Waals surface area contributed by atoms with Crippen LogP contribution >= 0.6 is 23.2 Å². The lowest BCUT2D eigenvalue weighted by Gasteiger charge is -2.29. The van der Waals surface area contributed by atoms with Gasteiger partial charge in [0.1, 0.15) is 23.4 Å². The van der Waals surface area contributed by atoms with Crippen molar-refractivity contribution in [2.45, 2.75) is 45.1 Å². The van der Waals surface area contributed by atoms with Gasteiger partial charge in [-0.2, -0.15) is 0 Å². The summed E-state index contributed by atoms with van der Waals surface area (Å²) < 4.78 is 11.2. The van der Waals surface area contributed by atoms with Gasteiger partial charge in [0.2, 0.25) is 0 Å². The van der Waals surface area contributed by atoms with E-state index in [0.717, 1.165) is 5.01 Å². The molecule has 1 aliphatic rings. The maximum atomic E-state index is 13.5. The first-order chi connectivity index (χ1) is 15.0. The van der Waals surface area contributed by atoms with Crippen molar-refractivity contribution in [1.29, 1.82) is 0 Å². The summed E-state index contributed by atoms with van der Waals surface area (Å²) in [4.78, 5) is 25.3. The maximum Gasteiger partial charge on any atom is 0.407 e. The van der Waals surface area contributed by atoms with E-state index < -0.39 is 17.1 Å². The molecule has 1 unspecified atom stereocenters. The summed E-state index contributed by atoms with van der Waals surface area (Å²) in [6.07, 6.45) is -0.156. The number of amides is 2. The molecule has 7 nitrogen and oxygen atoms in total. The van der Waals surface area contributed by atoms with E-state index in [0.29, 0.717) is 39.0 Å². The number of alkyl carbamates (subject to hydrolysis) is 1. The molecule has 0 aromatic heterocycles. The summed E-state index contributed by atoms with van der Waals surface area (Å²) in [5.41, 5.74) is -0.0693. The number of benzene rings is 2. The van der Waals surface area contributed by atoms with Gasteiger partial charge in [-0.15, -0.1) is 0 Å². The number of carbonyl (C=O) groups is 2. The first-order valence-electron chi connectivity index (χ1n) is 10.3. The summed E-state index contributed by atoms with van der Waals surface area (Å²) in [6.45, 7) is 7.52. The van der Waals surface area contributed by atoms with Crippen LogP contribution in [0.25, 0.3) is 0 Å². The monoisotopic (exact) mass is 479 g/mol. The fourth-order valence-corrected chi connectivity index (χ4v) is 4.43. The normalized spacial score (nSPS) is 17.8. The number of hydrazine groups is 1. The highest BCUT2D eigenvalue weighted by molar-refractivity contribution is 6.33. The second kappa shape index (κ2) is 9.17. The zero-order chi connectivity index (χ0) is 23.7. The van der Waals surface area contributed by atoms with Crippen molar-refractivity contribution in [2.75, 3.05) is 18.2 Å². The van der Waals surface area contributed by atoms with Crippen LogP contribution in [0.15, 0.2) is 36.4 Å². The van der Waals surface area contributed by atoms with Crippen molar-refractivity contribution in [3.63, 3.8) is 0 Å². The molecule has 32 heavy (non-hydrogen) atoms. The predicted molar refractivity (Wildman–Crippen MR) is 125 cm³/mol. The SMILES string of the molecule is CCC1(c2ccccc2Cl)C(=O)N(N)c2ccc(Cl)c(OCCNC(=O)OC(C)(C)C)c21. The van der Waals surface area contributed by atoms with Crippen LogP contribution in [0.2, 0.25) is 10.0 Å². The zero-order valence-corrected chi connectivity index (χ0v) is 20.0. The number of halogens is 2. The van der Waals surface area contributed by atoms with Crippen LogP contribution in [0, 0.1) is 0 Å². The third-order valence-corrected chi connectivity index (χ3v) is 5.87. The first kappa shape index (κ1) is 24.2. The van der Waals surface area contributed by atoms with Crippen molar-refractivity contribution in [3.05, 3.63) is 57.6 Å². The van der Waals surface area contributed by atoms with E-state index in [9.17, 15) is 9.59 Å². The molecule has 0 bridgehead atoms. The van der Waals surface area contributed by atoms with Crippen LogP contribution in [0.1, 0.15) is 45.2 Å². The van der Waals surface area contributed by atoms with Crippen LogP contribution < -0.4 is 20.9 Å². The summed E-state index contributed by atoms with van der Waals surface area (Å²) >= 11 is 13.0. The number of anilines is 1. The van der Waals surface area contributed by atoms with Crippen LogP contribution in [0.3, 0.4) is 0 Å². The third-order valence-electron chi connectivity index (χ3n) is 5.24. The summed E-state index contributed by atoms with van der Waals surface area (Å²) in [7, 11) is 0. The van der Waals surface area contributed by atoms with E-state index in [1.54, 1.807) is 51.1 Å². The lowest BCUT2D eigenvalue weighted by molar-refractivity contribution is -0.122. The molecule has 3 N–H and O–H groups in total. The molecule has 172 valence electrons. The minimum absolute atomic E-state index is 0.108. The molecule has 1 atom stereocenters.